The number of halogens is 1. The van der Waals surface area contributed by atoms with Crippen LogP contribution in [0.1, 0.15) is 60.8 Å². The molecule has 0 radical (unpaired) electrons. The normalized spacial score (nSPS) is 46.9. The molecule has 0 unspecified atom stereocenters. The van der Waals surface area contributed by atoms with Crippen molar-refractivity contribution in [3.8, 4) is 0 Å². The van der Waals surface area contributed by atoms with Gasteiger partial charge in [0.2, 0.25) is 0 Å². The Morgan fingerprint density at radius 2 is 1.62 bits per heavy atom. The first-order chi connectivity index (χ1) is 17.1. The molecule has 11 atom stereocenters. The van der Waals surface area contributed by atoms with E-state index in [1.165, 1.54) is 27.7 Å². The molecule has 37 heavy (non-hydrogen) atoms. The van der Waals surface area contributed by atoms with E-state index in [4.69, 9.17) is 35.3 Å². The number of hydrogen-bond acceptors (Lipinski definition) is 10. The average Bonchev–Trinajstić information content (AvgIpc) is 3.01. The largest absolute Gasteiger partial charge is 0.462 e. The van der Waals surface area contributed by atoms with Crippen molar-refractivity contribution in [2.75, 3.05) is 0 Å². The van der Waals surface area contributed by atoms with Crippen molar-refractivity contribution in [1.29, 1.82) is 0 Å². The molecule has 3 heterocycles. The van der Waals surface area contributed by atoms with Gasteiger partial charge in [0.25, 0.3) is 0 Å². The van der Waals surface area contributed by atoms with E-state index < -0.39 is 88.2 Å². The van der Waals surface area contributed by atoms with Crippen LogP contribution in [-0.4, -0.2) is 76.1 Å². The summed E-state index contributed by atoms with van der Waals surface area (Å²) < 4.78 is 29.8. The van der Waals surface area contributed by atoms with Gasteiger partial charge in [-0.05, 0) is 26.7 Å². The Morgan fingerprint density at radius 1 is 1.05 bits per heavy atom. The molecule has 0 aromatic carbocycles. The van der Waals surface area contributed by atoms with Crippen molar-refractivity contribution < 1.29 is 48.0 Å². The Balaban J connectivity index is 2.01. The van der Waals surface area contributed by atoms with Crippen LogP contribution in [0.25, 0.3) is 0 Å². The van der Waals surface area contributed by atoms with Crippen LogP contribution in [-0.2, 0) is 42.9 Å². The molecule has 0 aromatic rings. The standard InChI is InChI=1S/C26H35ClO10/c1-11-8-9-16-24(6)17(33-13(3)28)10-18(34-14(4)29)25(7,32)20(24)22(35-15(5)30)26(37-16)12(2)23(31)36-21(26)19(11)27/h12,16-22,32H,1,8-10H2,2-7H3/t12-,16+,17-,18+,19-,20+,21-,22+,24+,25+,26-/m0/s1. The molecule has 1 aliphatic carbocycles. The maximum absolute atomic E-state index is 13.0. The van der Waals surface area contributed by atoms with Crippen molar-refractivity contribution in [2.24, 2.45) is 17.3 Å². The van der Waals surface area contributed by atoms with E-state index >= 15 is 0 Å². The second-order valence-corrected chi connectivity index (χ2v) is 11.6. The van der Waals surface area contributed by atoms with Gasteiger partial charge >= 0.3 is 23.9 Å². The molecular formula is C26H35ClO10. The van der Waals surface area contributed by atoms with Gasteiger partial charge < -0.3 is 28.8 Å². The number of carbonyl (C=O) groups is 4. The number of fused-ring (bicyclic) bond motifs is 3. The Bertz CT molecular complexity index is 1020. The van der Waals surface area contributed by atoms with Gasteiger partial charge in [-0.3, -0.25) is 19.2 Å². The fraction of sp³-hybridized carbons (Fsp3) is 0.769. The summed E-state index contributed by atoms with van der Waals surface area (Å²) >= 11 is 6.80. The number of ether oxygens (including phenoxy) is 5. The molecule has 1 spiro atoms. The van der Waals surface area contributed by atoms with Crippen LogP contribution < -0.4 is 0 Å². The maximum atomic E-state index is 13.0. The zero-order valence-corrected chi connectivity index (χ0v) is 22.7. The van der Waals surface area contributed by atoms with Crippen LogP contribution >= 0.6 is 11.6 Å². The fourth-order valence-electron chi connectivity index (χ4n) is 7.19. The molecule has 2 bridgehead atoms. The summed E-state index contributed by atoms with van der Waals surface area (Å²) in [6.45, 7) is 12.7. The predicted molar refractivity (Wildman–Crippen MR) is 128 cm³/mol. The maximum Gasteiger partial charge on any atom is 0.312 e. The molecule has 1 saturated carbocycles. The number of alkyl halides is 1. The number of aliphatic hydroxyl groups is 1. The van der Waals surface area contributed by atoms with Gasteiger partial charge in [-0.25, -0.2) is 0 Å². The van der Waals surface area contributed by atoms with Gasteiger partial charge in [-0.1, -0.05) is 19.1 Å². The van der Waals surface area contributed by atoms with E-state index in [1.54, 1.807) is 13.8 Å². The van der Waals surface area contributed by atoms with E-state index in [0.717, 1.165) is 0 Å². The van der Waals surface area contributed by atoms with Crippen molar-refractivity contribution in [1.82, 2.24) is 0 Å². The van der Waals surface area contributed by atoms with Crippen molar-refractivity contribution in [2.45, 2.75) is 108 Å². The lowest BCUT2D eigenvalue weighted by molar-refractivity contribution is -0.355. The Labute approximate surface area is 220 Å². The third kappa shape index (κ3) is 4.06. The van der Waals surface area contributed by atoms with Gasteiger partial charge in [-0.2, -0.15) is 0 Å². The first-order valence-corrected chi connectivity index (χ1v) is 13.0. The van der Waals surface area contributed by atoms with Crippen molar-refractivity contribution in [3.63, 3.8) is 0 Å². The summed E-state index contributed by atoms with van der Waals surface area (Å²) in [4.78, 5) is 49.8. The highest BCUT2D eigenvalue weighted by molar-refractivity contribution is 6.23. The third-order valence-corrected chi connectivity index (χ3v) is 9.41. The van der Waals surface area contributed by atoms with Gasteiger partial charge in [0.05, 0.1) is 17.4 Å². The lowest BCUT2D eigenvalue weighted by Crippen LogP contribution is -2.79. The quantitative estimate of drug-likeness (QED) is 0.245. The predicted octanol–water partition coefficient (Wildman–Crippen LogP) is 2.22. The van der Waals surface area contributed by atoms with E-state index in [0.29, 0.717) is 18.4 Å². The summed E-state index contributed by atoms with van der Waals surface area (Å²) in [5, 5.41) is 11.3. The minimum atomic E-state index is -1.79. The monoisotopic (exact) mass is 542 g/mol. The smallest absolute Gasteiger partial charge is 0.312 e. The summed E-state index contributed by atoms with van der Waals surface area (Å²) in [6.07, 6.45) is -4.26. The lowest BCUT2D eigenvalue weighted by atomic mass is 9.49. The first kappa shape index (κ1) is 27.9. The van der Waals surface area contributed by atoms with E-state index in [2.05, 4.69) is 6.58 Å². The Morgan fingerprint density at radius 3 is 2.19 bits per heavy atom. The molecule has 3 saturated heterocycles. The number of esters is 4. The zero-order chi connectivity index (χ0) is 27.7. The second kappa shape index (κ2) is 9.24. The zero-order valence-electron chi connectivity index (χ0n) is 21.9. The van der Waals surface area contributed by atoms with Gasteiger partial charge in [0, 0.05) is 38.5 Å². The molecule has 4 aliphatic rings. The van der Waals surface area contributed by atoms with Crippen molar-refractivity contribution in [3.05, 3.63) is 12.2 Å². The summed E-state index contributed by atoms with van der Waals surface area (Å²) in [5.41, 5.74) is -3.89. The molecule has 3 aliphatic heterocycles. The summed E-state index contributed by atoms with van der Waals surface area (Å²) in [6, 6.07) is 0. The van der Waals surface area contributed by atoms with Gasteiger partial charge in [-0.15, -0.1) is 11.6 Å². The van der Waals surface area contributed by atoms with Crippen LogP contribution in [0.4, 0.5) is 0 Å². The molecule has 10 nitrogen and oxygen atoms in total. The number of carbonyl (C=O) groups excluding carboxylic acids is 4. The number of rotatable bonds is 3. The van der Waals surface area contributed by atoms with Crippen LogP contribution in [0.3, 0.4) is 0 Å². The highest BCUT2D eigenvalue weighted by Crippen LogP contribution is 2.64. The van der Waals surface area contributed by atoms with E-state index in [9.17, 15) is 24.3 Å². The average molecular weight is 543 g/mol. The summed E-state index contributed by atoms with van der Waals surface area (Å²) in [7, 11) is 0. The molecule has 4 rings (SSSR count). The lowest BCUT2D eigenvalue weighted by Gasteiger charge is -2.66. The summed E-state index contributed by atoms with van der Waals surface area (Å²) in [5.74, 6) is -4.43. The topological polar surface area (TPSA) is 135 Å². The molecule has 11 heteroatoms. The molecule has 4 fully saturated rings. The van der Waals surface area contributed by atoms with Crippen LogP contribution in [0.15, 0.2) is 12.2 Å². The first-order valence-electron chi connectivity index (χ1n) is 12.5. The van der Waals surface area contributed by atoms with Crippen LogP contribution in [0, 0.1) is 17.3 Å². The fourth-order valence-corrected chi connectivity index (χ4v) is 7.55. The molecule has 1 N–H and O–H groups in total. The van der Waals surface area contributed by atoms with E-state index in [1.807, 2.05) is 0 Å². The minimum Gasteiger partial charge on any atom is -0.462 e. The molecular weight excluding hydrogens is 508 g/mol. The highest BCUT2D eigenvalue weighted by atomic mass is 35.5. The number of hydrogen-bond donors (Lipinski definition) is 1. The molecule has 0 amide bonds. The highest BCUT2D eigenvalue weighted by Gasteiger charge is 2.78. The van der Waals surface area contributed by atoms with Crippen molar-refractivity contribution >= 4 is 35.5 Å². The second-order valence-electron chi connectivity index (χ2n) is 11.2. The van der Waals surface area contributed by atoms with Gasteiger partial charge in [0.1, 0.15) is 23.9 Å². The third-order valence-electron chi connectivity index (χ3n) is 8.87. The Kier molecular flexibility index (Phi) is 6.95. The molecule has 0 aromatic heterocycles. The van der Waals surface area contributed by atoms with E-state index in [-0.39, 0.29) is 6.42 Å². The van der Waals surface area contributed by atoms with Gasteiger partial charge in [0.15, 0.2) is 11.7 Å². The Hall–Kier alpha value is -2.17. The SMILES string of the molecule is C=C1CC[C@H]2O[C@@]3([C@H](OC(C)=O)[C@H]4[C@](C)(O)[C@H](OC(C)=O)C[C@H](OC(C)=O)[C@@]24C)[C@@H](C)C(=O)O[C@H]3[C@H]1Cl. The van der Waals surface area contributed by atoms with Crippen LogP contribution in [0.5, 0.6) is 0 Å². The van der Waals surface area contributed by atoms with Crippen LogP contribution in [0.2, 0.25) is 0 Å². The minimum absolute atomic E-state index is 0.00764. The molecule has 206 valence electrons.